The molecule has 1 aliphatic heterocycles. The maximum Gasteiger partial charge on any atom is 0.0686 e. The number of nitrogens with one attached hydrogen (secondary N) is 1. The number of aromatic amines is 1. The molecule has 3 nitrogen and oxygen atoms in total. The maximum atomic E-state index is 6.23. The van der Waals surface area contributed by atoms with Crippen molar-refractivity contribution in [3.8, 4) is 0 Å². The van der Waals surface area contributed by atoms with E-state index in [1.54, 1.807) is 0 Å². The molecule has 0 unspecified atom stereocenters. The number of fused-ring (bicyclic) bond motifs is 2. The van der Waals surface area contributed by atoms with Crippen molar-refractivity contribution >= 4 is 28.2 Å². The van der Waals surface area contributed by atoms with Crippen LogP contribution >= 0.6 is 11.6 Å². The third-order valence-corrected chi connectivity index (χ3v) is 4.19. The van der Waals surface area contributed by atoms with Crippen molar-refractivity contribution in [3.63, 3.8) is 0 Å². The molecular formula is C16H14ClN3. The van der Waals surface area contributed by atoms with E-state index >= 15 is 0 Å². The first-order chi connectivity index (χ1) is 9.81. The highest BCUT2D eigenvalue weighted by Gasteiger charge is 2.18. The molecule has 0 bridgehead atoms. The number of hydrogen-bond acceptors (Lipinski definition) is 2. The summed E-state index contributed by atoms with van der Waals surface area (Å²) in [5.41, 5.74) is 5.01. The highest BCUT2D eigenvalue weighted by atomic mass is 35.5. The van der Waals surface area contributed by atoms with Crippen LogP contribution in [0.1, 0.15) is 11.1 Å². The van der Waals surface area contributed by atoms with Crippen LogP contribution in [0.15, 0.2) is 42.6 Å². The molecule has 1 aromatic heterocycles. The highest BCUT2D eigenvalue weighted by molar-refractivity contribution is 6.31. The molecule has 2 aromatic carbocycles. The van der Waals surface area contributed by atoms with Crippen LogP contribution in [0.2, 0.25) is 5.02 Å². The molecule has 0 saturated heterocycles. The Morgan fingerprint density at radius 2 is 2.00 bits per heavy atom. The third-order valence-electron chi connectivity index (χ3n) is 3.97. The Hall–Kier alpha value is -2.00. The second-order valence-corrected chi connectivity index (χ2v) is 5.63. The molecule has 1 N–H and O–H groups in total. The van der Waals surface area contributed by atoms with Crippen LogP contribution in [-0.4, -0.2) is 16.7 Å². The Kier molecular flexibility index (Phi) is 2.67. The predicted octanol–water partition coefficient (Wildman–Crippen LogP) is 3.78. The lowest BCUT2D eigenvalue weighted by Crippen LogP contribution is -2.30. The number of rotatable bonds is 1. The Labute approximate surface area is 122 Å². The van der Waals surface area contributed by atoms with Crippen LogP contribution in [0.4, 0.5) is 5.69 Å². The molecule has 100 valence electrons. The van der Waals surface area contributed by atoms with E-state index in [0.29, 0.717) is 0 Å². The maximum absolute atomic E-state index is 6.23. The van der Waals surface area contributed by atoms with E-state index in [0.717, 1.165) is 41.1 Å². The van der Waals surface area contributed by atoms with E-state index in [1.165, 1.54) is 11.1 Å². The van der Waals surface area contributed by atoms with Crippen LogP contribution in [0, 0.1) is 0 Å². The quantitative estimate of drug-likeness (QED) is 0.737. The molecule has 0 saturated carbocycles. The Bertz CT molecular complexity index is 778. The van der Waals surface area contributed by atoms with Crippen LogP contribution in [0.5, 0.6) is 0 Å². The topological polar surface area (TPSA) is 31.9 Å². The second kappa shape index (κ2) is 4.53. The summed E-state index contributed by atoms with van der Waals surface area (Å²) >= 11 is 6.23. The van der Waals surface area contributed by atoms with Gasteiger partial charge in [0, 0.05) is 29.2 Å². The zero-order chi connectivity index (χ0) is 13.5. The van der Waals surface area contributed by atoms with E-state index in [-0.39, 0.29) is 0 Å². The number of benzene rings is 2. The molecule has 0 aliphatic carbocycles. The lowest BCUT2D eigenvalue weighted by atomic mass is 9.99. The van der Waals surface area contributed by atoms with E-state index < -0.39 is 0 Å². The highest BCUT2D eigenvalue weighted by Crippen LogP contribution is 2.32. The summed E-state index contributed by atoms with van der Waals surface area (Å²) in [5.74, 6) is 0. The summed E-state index contributed by atoms with van der Waals surface area (Å²) in [4.78, 5) is 2.38. The predicted molar refractivity (Wildman–Crippen MR) is 82.3 cm³/mol. The average molecular weight is 284 g/mol. The summed E-state index contributed by atoms with van der Waals surface area (Å²) in [6, 6.07) is 12.6. The molecule has 20 heavy (non-hydrogen) atoms. The number of anilines is 1. The summed E-state index contributed by atoms with van der Waals surface area (Å²) in [7, 11) is 0. The van der Waals surface area contributed by atoms with Gasteiger partial charge in [-0.05, 0) is 29.7 Å². The molecule has 3 aromatic rings. The fourth-order valence-electron chi connectivity index (χ4n) is 2.96. The lowest BCUT2D eigenvalue weighted by molar-refractivity contribution is 0.734. The lowest BCUT2D eigenvalue weighted by Gasteiger charge is -2.31. The molecule has 0 spiro atoms. The van der Waals surface area contributed by atoms with Crippen molar-refractivity contribution in [1.82, 2.24) is 10.2 Å². The molecule has 2 heterocycles. The Morgan fingerprint density at radius 3 is 2.90 bits per heavy atom. The fraction of sp³-hybridized carbons (Fsp3) is 0.188. The molecule has 4 rings (SSSR count). The molecule has 0 fully saturated rings. The van der Waals surface area contributed by atoms with Gasteiger partial charge in [0.2, 0.25) is 0 Å². The van der Waals surface area contributed by atoms with Crippen molar-refractivity contribution in [3.05, 3.63) is 58.7 Å². The van der Waals surface area contributed by atoms with Gasteiger partial charge < -0.3 is 4.90 Å². The minimum atomic E-state index is 0.746. The summed E-state index contributed by atoms with van der Waals surface area (Å²) in [6.45, 7) is 1.94. The molecule has 0 atom stereocenters. The standard InChI is InChI=1S/C16H14ClN3/c17-13-7-15-14(9-18-19-15)16(8-13)20-6-5-11-3-1-2-4-12(11)10-20/h1-4,7-9H,5-6,10H2,(H,18,19). The molecule has 1 aliphatic rings. The van der Waals surface area contributed by atoms with E-state index in [2.05, 4.69) is 39.4 Å². The van der Waals surface area contributed by atoms with Crippen LogP contribution in [-0.2, 0) is 13.0 Å². The van der Waals surface area contributed by atoms with Gasteiger partial charge in [-0.25, -0.2) is 0 Å². The summed E-state index contributed by atoms with van der Waals surface area (Å²) in [5, 5.41) is 9.01. The van der Waals surface area contributed by atoms with Crippen LogP contribution in [0.25, 0.3) is 10.9 Å². The van der Waals surface area contributed by atoms with E-state index in [1.807, 2.05) is 18.3 Å². The Balaban J connectivity index is 1.79. The number of aromatic nitrogens is 2. The van der Waals surface area contributed by atoms with Crippen LogP contribution in [0.3, 0.4) is 0 Å². The second-order valence-electron chi connectivity index (χ2n) is 5.20. The summed E-state index contributed by atoms with van der Waals surface area (Å²) < 4.78 is 0. The summed E-state index contributed by atoms with van der Waals surface area (Å²) in [6.07, 6.45) is 2.95. The zero-order valence-electron chi connectivity index (χ0n) is 10.9. The van der Waals surface area contributed by atoms with Gasteiger partial charge in [0.25, 0.3) is 0 Å². The van der Waals surface area contributed by atoms with Gasteiger partial charge >= 0.3 is 0 Å². The monoisotopic (exact) mass is 283 g/mol. The van der Waals surface area contributed by atoms with Gasteiger partial charge in [0.15, 0.2) is 0 Å². The van der Waals surface area contributed by atoms with E-state index in [9.17, 15) is 0 Å². The van der Waals surface area contributed by atoms with Gasteiger partial charge in [-0.3, -0.25) is 5.10 Å². The molecule has 0 amide bonds. The van der Waals surface area contributed by atoms with Crippen molar-refractivity contribution in [2.75, 3.05) is 11.4 Å². The molecule has 0 radical (unpaired) electrons. The fourth-order valence-corrected chi connectivity index (χ4v) is 3.17. The number of nitrogens with zero attached hydrogens (tertiary/aromatic N) is 2. The van der Waals surface area contributed by atoms with Crippen molar-refractivity contribution < 1.29 is 0 Å². The Morgan fingerprint density at radius 1 is 1.15 bits per heavy atom. The van der Waals surface area contributed by atoms with Crippen LogP contribution < -0.4 is 4.90 Å². The van der Waals surface area contributed by atoms with Crippen molar-refractivity contribution in [2.24, 2.45) is 0 Å². The van der Waals surface area contributed by atoms with Gasteiger partial charge in [-0.2, -0.15) is 5.10 Å². The number of halogens is 1. The first kappa shape index (κ1) is 11.8. The number of H-pyrrole nitrogens is 1. The van der Waals surface area contributed by atoms with Crippen molar-refractivity contribution in [2.45, 2.75) is 13.0 Å². The SMILES string of the molecule is Clc1cc(N2CCc3ccccc3C2)c2cn[nH]c2c1. The average Bonchev–Trinajstić information content (AvgIpc) is 2.94. The minimum Gasteiger partial charge on any atom is -0.366 e. The minimum absolute atomic E-state index is 0.746. The van der Waals surface area contributed by atoms with Gasteiger partial charge in [0.1, 0.15) is 0 Å². The molecular weight excluding hydrogens is 270 g/mol. The third kappa shape index (κ3) is 1.86. The normalized spacial score (nSPS) is 14.6. The molecule has 4 heteroatoms. The van der Waals surface area contributed by atoms with Gasteiger partial charge in [0.05, 0.1) is 11.7 Å². The van der Waals surface area contributed by atoms with Crippen molar-refractivity contribution in [1.29, 1.82) is 0 Å². The van der Waals surface area contributed by atoms with Gasteiger partial charge in [-0.1, -0.05) is 35.9 Å². The van der Waals surface area contributed by atoms with Gasteiger partial charge in [-0.15, -0.1) is 0 Å². The van der Waals surface area contributed by atoms with E-state index in [4.69, 9.17) is 11.6 Å². The first-order valence-electron chi connectivity index (χ1n) is 6.75. The smallest absolute Gasteiger partial charge is 0.0686 e. The number of hydrogen-bond donors (Lipinski definition) is 1. The first-order valence-corrected chi connectivity index (χ1v) is 7.13. The largest absolute Gasteiger partial charge is 0.366 e. The zero-order valence-corrected chi connectivity index (χ0v) is 11.7.